The standard InChI is InChI=1S/C12H17N3O2/c1-14(9-10-5-4-8-13-10)11-6-2-3-7-12(11)15(16)17/h2-3,6-7,10,13H,4-5,8-9H2,1H3. The topological polar surface area (TPSA) is 58.4 Å². The van der Waals surface area contributed by atoms with Crippen molar-refractivity contribution in [2.24, 2.45) is 0 Å². The van der Waals surface area contributed by atoms with Crippen LogP contribution in [0.4, 0.5) is 11.4 Å². The van der Waals surface area contributed by atoms with Gasteiger partial charge < -0.3 is 10.2 Å². The summed E-state index contributed by atoms with van der Waals surface area (Å²) in [7, 11) is 1.91. The van der Waals surface area contributed by atoms with Crippen molar-refractivity contribution in [1.82, 2.24) is 5.32 Å². The quantitative estimate of drug-likeness (QED) is 0.638. The smallest absolute Gasteiger partial charge is 0.292 e. The number of rotatable bonds is 4. The van der Waals surface area contributed by atoms with Crippen LogP contribution in [0.1, 0.15) is 12.8 Å². The van der Waals surface area contributed by atoms with Crippen LogP contribution in [0.25, 0.3) is 0 Å². The van der Waals surface area contributed by atoms with Crippen molar-refractivity contribution in [3.63, 3.8) is 0 Å². The third-order valence-corrected chi connectivity index (χ3v) is 3.15. The number of nitrogens with zero attached hydrogens (tertiary/aromatic N) is 2. The summed E-state index contributed by atoms with van der Waals surface area (Å²) in [5.41, 5.74) is 0.860. The Morgan fingerprint density at radius 1 is 1.53 bits per heavy atom. The van der Waals surface area contributed by atoms with Crippen LogP contribution in [-0.2, 0) is 0 Å². The molecule has 5 heteroatoms. The number of hydrogen-bond donors (Lipinski definition) is 1. The molecule has 0 saturated carbocycles. The molecule has 0 aliphatic carbocycles. The normalized spacial score (nSPS) is 19.2. The first-order chi connectivity index (χ1) is 8.18. The molecule has 0 bridgehead atoms. The monoisotopic (exact) mass is 235 g/mol. The molecule has 1 heterocycles. The predicted octanol–water partition coefficient (Wildman–Crippen LogP) is 1.78. The second-order valence-corrected chi connectivity index (χ2v) is 4.42. The highest BCUT2D eigenvalue weighted by molar-refractivity contribution is 5.62. The van der Waals surface area contributed by atoms with Gasteiger partial charge in [0.25, 0.3) is 5.69 Å². The Balaban J connectivity index is 2.12. The van der Waals surface area contributed by atoms with Gasteiger partial charge in [-0.05, 0) is 25.5 Å². The zero-order valence-corrected chi connectivity index (χ0v) is 9.93. The molecule has 1 N–H and O–H groups in total. The summed E-state index contributed by atoms with van der Waals surface area (Å²) < 4.78 is 0. The van der Waals surface area contributed by atoms with Gasteiger partial charge in [0.2, 0.25) is 0 Å². The number of nitrogens with one attached hydrogen (secondary N) is 1. The molecule has 1 aliphatic rings. The number of para-hydroxylation sites is 2. The zero-order valence-electron chi connectivity index (χ0n) is 9.93. The Hall–Kier alpha value is -1.62. The molecule has 0 radical (unpaired) electrons. The number of hydrogen-bond acceptors (Lipinski definition) is 4. The van der Waals surface area contributed by atoms with Gasteiger partial charge in [0, 0.05) is 25.7 Å². The molecule has 0 amide bonds. The van der Waals surface area contributed by atoms with Gasteiger partial charge in [-0.3, -0.25) is 10.1 Å². The van der Waals surface area contributed by atoms with Gasteiger partial charge in [-0.25, -0.2) is 0 Å². The van der Waals surface area contributed by atoms with E-state index >= 15 is 0 Å². The van der Waals surface area contributed by atoms with E-state index in [0.29, 0.717) is 11.7 Å². The first-order valence-electron chi connectivity index (χ1n) is 5.86. The van der Waals surface area contributed by atoms with Crippen molar-refractivity contribution >= 4 is 11.4 Å². The largest absolute Gasteiger partial charge is 0.367 e. The summed E-state index contributed by atoms with van der Waals surface area (Å²) in [5, 5.41) is 14.3. The number of anilines is 1. The minimum Gasteiger partial charge on any atom is -0.367 e. The average Bonchev–Trinajstić information content (AvgIpc) is 2.81. The Morgan fingerprint density at radius 2 is 2.29 bits per heavy atom. The van der Waals surface area contributed by atoms with Crippen LogP contribution < -0.4 is 10.2 Å². The van der Waals surface area contributed by atoms with E-state index in [1.807, 2.05) is 18.0 Å². The number of nitro groups is 1. The fourth-order valence-electron chi connectivity index (χ4n) is 2.28. The van der Waals surface area contributed by atoms with Gasteiger partial charge in [0.15, 0.2) is 0 Å². The molecule has 1 fully saturated rings. The summed E-state index contributed by atoms with van der Waals surface area (Å²) in [4.78, 5) is 12.6. The third-order valence-electron chi connectivity index (χ3n) is 3.15. The number of benzene rings is 1. The molecular formula is C12H17N3O2. The summed E-state index contributed by atoms with van der Waals surface area (Å²) in [6.45, 7) is 1.86. The van der Waals surface area contributed by atoms with E-state index in [9.17, 15) is 10.1 Å². The van der Waals surface area contributed by atoms with E-state index in [-0.39, 0.29) is 10.6 Å². The molecule has 1 aromatic carbocycles. The van der Waals surface area contributed by atoms with Crippen LogP contribution >= 0.6 is 0 Å². The van der Waals surface area contributed by atoms with E-state index in [1.165, 1.54) is 6.42 Å². The molecular weight excluding hydrogens is 218 g/mol. The summed E-state index contributed by atoms with van der Waals surface area (Å²) >= 11 is 0. The van der Waals surface area contributed by atoms with E-state index in [4.69, 9.17) is 0 Å². The molecule has 1 unspecified atom stereocenters. The second kappa shape index (κ2) is 5.14. The van der Waals surface area contributed by atoms with Crippen LogP contribution in [0.5, 0.6) is 0 Å². The van der Waals surface area contributed by atoms with Gasteiger partial charge in [0.1, 0.15) is 5.69 Å². The molecule has 1 aromatic rings. The van der Waals surface area contributed by atoms with Crippen LogP contribution in [0.15, 0.2) is 24.3 Å². The lowest BCUT2D eigenvalue weighted by atomic mass is 10.2. The highest BCUT2D eigenvalue weighted by Crippen LogP contribution is 2.27. The maximum absolute atomic E-state index is 10.9. The summed E-state index contributed by atoms with van der Waals surface area (Å²) in [6.07, 6.45) is 2.33. The number of nitro benzene ring substituents is 1. The molecule has 92 valence electrons. The van der Waals surface area contributed by atoms with Gasteiger partial charge in [-0.2, -0.15) is 0 Å². The lowest BCUT2D eigenvalue weighted by molar-refractivity contribution is -0.384. The maximum Gasteiger partial charge on any atom is 0.292 e. The van der Waals surface area contributed by atoms with Gasteiger partial charge in [-0.15, -0.1) is 0 Å². The maximum atomic E-state index is 10.9. The minimum absolute atomic E-state index is 0.174. The zero-order chi connectivity index (χ0) is 12.3. The van der Waals surface area contributed by atoms with Crippen molar-refractivity contribution in [3.05, 3.63) is 34.4 Å². The molecule has 17 heavy (non-hydrogen) atoms. The van der Waals surface area contributed by atoms with E-state index < -0.39 is 0 Å². The van der Waals surface area contributed by atoms with Gasteiger partial charge in [0.05, 0.1) is 4.92 Å². The van der Waals surface area contributed by atoms with Crippen LogP contribution in [0.2, 0.25) is 0 Å². The van der Waals surface area contributed by atoms with Crippen molar-refractivity contribution in [2.45, 2.75) is 18.9 Å². The van der Waals surface area contributed by atoms with Crippen molar-refractivity contribution < 1.29 is 4.92 Å². The lowest BCUT2D eigenvalue weighted by Gasteiger charge is -2.22. The van der Waals surface area contributed by atoms with E-state index in [1.54, 1.807) is 18.2 Å². The van der Waals surface area contributed by atoms with Crippen molar-refractivity contribution in [1.29, 1.82) is 0 Å². The Kier molecular flexibility index (Phi) is 3.58. The molecule has 5 nitrogen and oxygen atoms in total. The Bertz CT molecular complexity index is 402. The molecule has 2 rings (SSSR count). The predicted molar refractivity (Wildman–Crippen MR) is 67.4 cm³/mol. The van der Waals surface area contributed by atoms with Crippen molar-refractivity contribution in [3.8, 4) is 0 Å². The first-order valence-corrected chi connectivity index (χ1v) is 5.86. The van der Waals surface area contributed by atoms with Gasteiger partial charge in [-0.1, -0.05) is 12.1 Å². The molecule has 0 aromatic heterocycles. The average molecular weight is 235 g/mol. The second-order valence-electron chi connectivity index (χ2n) is 4.42. The molecule has 0 spiro atoms. The SMILES string of the molecule is CN(CC1CCCN1)c1ccccc1[N+](=O)[O-]. The Morgan fingerprint density at radius 3 is 2.94 bits per heavy atom. The molecule has 1 saturated heterocycles. The van der Waals surface area contributed by atoms with E-state index in [2.05, 4.69) is 5.32 Å². The minimum atomic E-state index is -0.325. The highest BCUT2D eigenvalue weighted by atomic mass is 16.6. The first kappa shape index (κ1) is 11.9. The van der Waals surface area contributed by atoms with Crippen LogP contribution in [0.3, 0.4) is 0 Å². The third kappa shape index (κ3) is 2.74. The summed E-state index contributed by atoms with van der Waals surface area (Å²) in [5.74, 6) is 0. The summed E-state index contributed by atoms with van der Waals surface area (Å²) in [6, 6.07) is 7.32. The van der Waals surface area contributed by atoms with Crippen LogP contribution in [-0.4, -0.2) is 31.1 Å². The Labute approximate surface area is 101 Å². The van der Waals surface area contributed by atoms with Gasteiger partial charge >= 0.3 is 0 Å². The number of likely N-dealkylation sites (N-methyl/N-ethyl adjacent to an activating group) is 1. The van der Waals surface area contributed by atoms with E-state index in [0.717, 1.165) is 19.5 Å². The highest BCUT2D eigenvalue weighted by Gasteiger charge is 2.20. The molecule has 1 aliphatic heterocycles. The fourth-order valence-corrected chi connectivity index (χ4v) is 2.28. The molecule has 1 atom stereocenters. The fraction of sp³-hybridized carbons (Fsp3) is 0.500. The van der Waals surface area contributed by atoms with Crippen LogP contribution in [0, 0.1) is 10.1 Å². The lowest BCUT2D eigenvalue weighted by Crippen LogP contribution is -2.35. The van der Waals surface area contributed by atoms with Crippen molar-refractivity contribution in [2.75, 3.05) is 25.0 Å².